The minimum atomic E-state index is -1.85. The molecule has 28 heavy (non-hydrogen) atoms. The lowest BCUT2D eigenvalue weighted by atomic mass is 9.76. The van der Waals surface area contributed by atoms with Crippen molar-refractivity contribution in [1.29, 1.82) is 0 Å². The Balaban J connectivity index is 1.81. The molecular formula is C24H27NO3. The number of hydrogen-bond donors (Lipinski definition) is 1. The molecule has 4 heteroatoms. The van der Waals surface area contributed by atoms with Crippen molar-refractivity contribution in [1.82, 2.24) is 4.90 Å². The molecule has 0 aliphatic carbocycles. The fraction of sp³-hybridized carbons (Fsp3) is 0.375. The Hall–Kier alpha value is -2.43. The van der Waals surface area contributed by atoms with Crippen molar-refractivity contribution < 1.29 is 14.6 Å². The van der Waals surface area contributed by atoms with E-state index in [1.165, 1.54) is 18.9 Å². The van der Waals surface area contributed by atoms with E-state index in [1.54, 1.807) is 12.1 Å². The van der Waals surface area contributed by atoms with Crippen LogP contribution in [0.1, 0.15) is 42.0 Å². The van der Waals surface area contributed by atoms with Crippen LogP contribution in [0.3, 0.4) is 0 Å². The number of ether oxygens (including phenoxy) is 1. The molecule has 0 spiro atoms. The molecular weight excluding hydrogens is 350 g/mol. The Morgan fingerprint density at radius 3 is 2.46 bits per heavy atom. The van der Waals surface area contributed by atoms with E-state index in [1.807, 2.05) is 36.4 Å². The number of carbonyl (C=O) groups excluding carboxylic acids is 1. The molecule has 0 aromatic heterocycles. The summed E-state index contributed by atoms with van der Waals surface area (Å²) in [6.07, 6.45) is 5.07. The molecule has 146 valence electrons. The number of fused-ring (bicyclic) bond motifs is 3. The SMILES string of the molecule is C=CCOC(=O)C(O)(c1ccccc1)c1ccccc1C1CC2CCN1CC2. The van der Waals surface area contributed by atoms with Gasteiger partial charge < -0.3 is 9.84 Å². The highest BCUT2D eigenvalue weighted by Gasteiger charge is 2.45. The van der Waals surface area contributed by atoms with Gasteiger partial charge in [-0.3, -0.25) is 4.90 Å². The number of piperidine rings is 3. The first-order valence-corrected chi connectivity index (χ1v) is 10.0. The summed E-state index contributed by atoms with van der Waals surface area (Å²) < 4.78 is 5.35. The summed E-state index contributed by atoms with van der Waals surface area (Å²) in [5.74, 6) is 0.0580. The third-order valence-electron chi connectivity index (χ3n) is 6.18. The Kier molecular flexibility index (Phi) is 5.33. The van der Waals surface area contributed by atoms with Crippen LogP contribution in [0.2, 0.25) is 0 Å². The average Bonchev–Trinajstić information content (AvgIpc) is 2.78. The molecule has 3 heterocycles. The predicted molar refractivity (Wildman–Crippen MR) is 109 cm³/mol. The summed E-state index contributed by atoms with van der Waals surface area (Å²) in [6.45, 7) is 5.83. The first-order chi connectivity index (χ1) is 13.6. The third-order valence-corrected chi connectivity index (χ3v) is 6.18. The lowest BCUT2D eigenvalue weighted by Crippen LogP contribution is -2.46. The minimum Gasteiger partial charge on any atom is -0.459 e. The smallest absolute Gasteiger partial charge is 0.348 e. The van der Waals surface area contributed by atoms with Gasteiger partial charge in [0.1, 0.15) is 6.61 Å². The van der Waals surface area contributed by atoms with Gasteiger partial charge in [-0.25, -0.2) is 4.79 Å². The first kappa shape index (κ1) is 18.9. The summed E-state index contributed by atoms with van der Waals surface area (Å²) in [5.41, 5.74) is 0.313. The van der Waals surface area contributed by atoms with Crippen LogP contribution in [-0.4, -0.2) is 35.7 Å². The summed E-state index contributed by atoms with van der Waals surface area (Å²) in [6, 6.07) is 17.1. The Morgan fingerprint density at radius 1 is 1.14 bits per heavy atom. The van der Waals surface area contributed by atoms with E-state index in [2.05, 4.69) is 17.5 Å². The molecule has 4 nitrogen and oxygen atoms in total. The molecule has 5 rings (SSSR count). The van der Waals surface area contributed by atoms with Crippen LogP contribution in [0.5, 0.6) is 0 Å². The highest BCUT2D eigenvalue weighted by atomic mass is 16.5. The Bertz CT molecular complexity index is 842. The quantitative estimate of drug-likeness (QED) is 0.614. The number of esters is 1. The standard InChI is InChI=1S/C24H27NO3/c1-2-16-28-23(26)24(27,19-8-4-3-5-9-19)21-11-7-6-10-20(21)22-17-18-12-14-25(22)15-13-18/h2-11,18,22,27H,1,12-17H2. The van der Waals surface area contributed by atoms with Crippen molar-refractivity contribution >= 4 is 5.97 Å². The van der Waals surface area contributed by atoms with E-state index in [0.717, 1.165) is 31.0 Å². The highest BCUT2D eigenvalue weighted by Crippen LogP contribution is 2.44. The summed E-state index contributed by atoms with van der Waals surface area (Å²) in [7, 11) is 0. The maximum absolute atomic E-state index is 13.1. The number of carbonyl (C=O) groups is 1. The molecule has 0 radical (unpaired) electrons. The van der Waals surface area contributed by atoms with Gasteiger partial charge in [0.2, 0.25) is 5.60 Å². The van der Waals surface area contributed by atoms with Gasteiger partial charge in [0.15, 0.2) is 0 Å². The molecule has 3 aliphatic heterocycles. The second kappa shape index (κ2) is 7.90. The number of nitrogens with zero attached hydrogens (tertiary/aromatic N) is 1. The van der Waals surface area contributed by atoms with Crippen molar-refractivity contribution in [2.24, 2.45) is 5.92 Å². The maximum Gasteiger partial charge on any atom is 0.348 e. The second-order valence-electron chi connectivity index (χ2n) is 7.78. The summed E-state index contributed by atoms with van der Waals surface area (Å²) >= 11 is 0. The fourth-order valence-corrected chi connectivity index (χ4v) is 4.71. The summed E-state index contributed by atoms with van der Waals surface area (Å²) in [5, 5.41) is 11.8. The van der Waals surface area contributed by atoms with Gasteiger partial charge in [0.25, 0.3) is 0 Å². The predicted octanol–water partition coefficient (Wildman–Crippen LogP) is 3.81. The van der Waals surface area contributed by atoms with Gasteiger partial charge in [-0.05, 0) is 49.4 Å². The van der Waals surface area contributed by atoms with Gasteiger partial charge in [-0.1, -0.05) is 67.3 Å². The van der Waals surface area contributed by atoms with E-state index >= 15 is 0 Å². The molecule has 2 aromatic carbocycles. The zero-order chi connectivity index (χ0) is 19.6. The maximum atomic E-state index is 13.1. The van der Waals surface area contributed by atoms with Gasteiger partial charge in [0, 0.05) is 11.6 Å². The van der Waals surface area contributed by atoms with Crippen molar-refractivity contribution in [2.75, 3.05) is 19.7 Å². The molecule has 0 saturated carbocycles. The molecule has 3 fully saturated rings. The van der Waals surface area contributed by atoms with Crippen LogP contribution in [0.15, 0.2) is 67.3 Å². The van der Waals surface area contributed by atoms with E-state index in [-0.39, 0.29) is 12.6 Å². The largest absolute Gasteiger partial charge is 0.459 e. The molecule has 1 N–H and O–H groups in total. The van der Waals surface area contributed by atoms with Gasteiger partial charge in [-0.15, -0.1) is 0 Å². The van der Waals surface area contributed by atoms with E-state index in [9.17, 15) is 9.90 Å². The average molecular weight is 377 g/mol. The fourth-order valence-electron chi connectivity index (χ4n) is 4.71. The number of benzene rings is 2. The van der Waals surface area contributed by atoms with Crippen LogP contribution < -0.4 is 0 Å². The van der Waals surface area contributed by atoms with Gasteiger partial charge >= 0.3 is 5.97 Å². The molecule has 2 atom stereocenters. The first-order valence-electron chi connectivity index (χ1n) is 10.0. The van der Waals surface area contributed by atoms with Crippen LogP contribution in [0.25, 0.3) is 0 Å². The molecule has 2 unspecified atom stereocenters. The molecule has 0 amide bonds. The van der Waals surface area contributed by atoms with E-state index in [4.69, 9.17) is 4.74 Å². The lowest BCUT2D eigenvalue weighted by Gasteiger charge is -2.46. The molecule has 2 bridgehead atoms. The van der Waals surface area contributed by atoms with Crippen molar-refractivity contribution in [3.8, 4) is 0 Å². The van der Waals surface area contributed by atoms with E-state index < -0.39 is 11.6 Å². The highest BCUT2D eigenvalue weighted by molar-refractivity contribution is 5.86. The van der Waals surface area contributed by atoms with Crippen LogP contribution in [0.4, 0.5) is 0 Å². The number of hydrogen-bond acceptors (Lipinski definition) is 4. The summed E-state index contributed by atoms with van der Waals surface area (Å²) in [4.78, 5) is 15.6. The van der Waals surface area contributed by atoms with Crippen LogP contribution >= 0.6 is 0 Å². The Morgan fingerprint density at radius 2 is 1.82 bits per heavy atom. The van der Waals surface area contributed by atoms with Gasteiger partial charge in [0.05, 0.1) is 0 Å². The monoisotopic (exact) mass is 377 g/mol. The second-order valence-corrected chi connectivity index (χ2v) is 7.78. The minimum absolute atomic E-state index is 0.0633. The molecule has 2 aromatic rings. The Labute approximate surface area is 166 Å². The zero-order valence-corrected chi connectivity index (χ0v) is 16.1. The van der Waals surface area contributed by atoms with Crippen LogP contribution in [0, 0.1) is 5.92 Å². The zero-order valence-electron chi connectivity index (χ0n) is 16.1. The van der Waals surface area contributed by atoms with Crippen molar-refractivity contribution in [3.05, 3.63) is 83.9 Å². The normalized spacial score (nSPS) is 25.7. The number of aliphatic hydroxyl groups is 1. The van der Waals surface area contributed by atoms with Crippen LogP contribution in [-0.2, 0) is 15.1 Å². The lowest BCUT2D eigenvalue weighted by molar-refractivity contribution is -0.161. The molecule has 3 aliphatic rings. The van der Waals surface area contributed by atoms with Gasteiger partial charge in [-0.2, -0.15) is 0 Å². The van der Waals surface area contributed by atoms with E-state index in [0.29, 0.717) is 11.1 Å². The number of rotatable bonds is 6. The third kappa shape index (κ3) is 3.27. The van der Waals surface area contributed by atoms with Crippen molar-refractivity contribution in [3.63, 3.8) is 0 Å². The molecule has 3 saturated heterocycles. The topological polar surface area (TPSA) is 49.8 Å². The van der Waals surface area contributed by atoms with Crippen molar-refractivity contribution in [2.45, 2.75) is 30.9 Å².